The van der Waals surface area contributed by atoms with Crippen LogP contribution >= 0.6 is 0 Å². The van der Waals surface area contributed by atoms with Crippen LogP contribution in [-0.4, -0.2) is 30.3 Å². The van der Waals surface area contributed by atoms with Gasteiger partial charge in [0.15, 0.2) is 0 Å². The molecule has 4 heteroatoms. The van der Waals surface area contributed by atoms with E-state index in [9.17, 15) is 4.79 Å². The zero-order valence-electron chi connectivity index (χ0n) is 13.1. The van der Waals surface area contributed by atoms with E-state index in [-0.39, 0.29) is 11.6 Å². The zero-order chi connectivity index (χ0) is 14.5. The predicted octanol–water partition coefficient (Wildman–Crippen LogP) is 3.07. The van der Waals surface area contributed by atoms with Gasteiger partial charge < -0.3 is 15.4 Å². The molecule has 0 aliphatic heterocycles. The van der Waals surface area contributed by atoms with Gasteiger partial charge in [-0.3, -0.25) is 0 Å². The van der Waals surface area contributed by atoms with Crippen LogP contribution in [-0.2, 0) is 4.74 Å². The van der Waals surface area contributed by atoms with Gasteiger partial charge in [-0.15, -0.1) is 0 Å². The Morgan fingerprint density at radius 3 is 2.26 bits per heavy atom. The van der Waals surface area contributed by atoms with Gasteiger partial charge in [-0.05, 0) is 59.9 Å². The van der Waals surface area contributed by atoms with Crippen LogP contribution in [0.5, 0.6) is 0 Å². The van der Waals surface area contributed by atoms with E-state index in [4.69, 9.17) is 4.74 Å². The van der Waals surface area contributed by atoms with Crippen molar-refractivity contribution in [3.05, 3.63) is 0 Å². The van der Waals surface area contributed by atoms with Crippen molar-refractivity contribution >= 4 is 6.09 Å². The second kappa shape index (κ2) is 6.60. The highest BCUT2D eigenvalue weighted by Crippen LogP contribution is 2.24. The second-order valence-electron chi connectivity index (χ2n) is 7.27. The molecule has 0 radical (unpaired) electrons. The van der Waals surface area contributed by atoms with Crippen LogP contribution < -0.4 is 10.6 Å². The molecule has 1 fully saturated rings. The molecule has 1 rings (SSSR count). The van der Waals surface area contributed by atoms with Crippen LogP contribution in [0.1, 0.15) is 60.3 Å². The molecule has 0 saturated heterocycles. The molecule has 1 amide bonds. The van der Waals surface area contributed by atoms with E-state index in [1.54, 1.807) is 0 Å². The molecule has 0 spiro atoms. The van der Waals surface area contributed by atoms with Crippen LogP contribution in [0.25, 0.3) is 0 Å². The van der Waals surface area contributed by atoms with Crippen LogP contribution in [0.15, 0.2) is 0 Å². The molecule has 2 N–H and O–H groups in total. The summed E-state index contributed by atoms with van der Waals surface area (Å²) in [7, 11) is 0. The number of carbonyl (C=O) groups is 1. The Bertz CT molecular complexity index is 289. The highest BCUT2D eigenvalue weighted by Gasteiger charge is 2.23. The van der Waals surface area contributed by atoms with E-state index in [1.165, 1.54) is 25.7 Å². The van der Waals surface area contributed by atoms with Gasteiger partial charge in [0.2, 0.25) is 0 Å². The molecule has 1 aliphatic carbocycles. The minimum atomic E-state index is -0.439. The van der Waals surface area contributed by atoms with Gasteiger partial charge in [0, 0.05) is 12.1 Å². The fourth-order valence-corrected chi connectivity index (χ4v) is 2.30. The van der Waals surface area contributed by atoms with Gasteiger partial charge >= 0.3 is 6.09 Å². The first-order valence-electron chi connectivity index (χ1n) is 7.40. The Morgan fingerprint density at radius 1 is 1.16 bits per heavy atom. The first-order valence-corrected chi connectivity index (χ1v) is 7.40. The van der Waals surface area contributed by atoms with Crippen LogP contribution in [0.3, 0.4) is 0 Å². The zero-order valence-corrected chi connectivity index (χ0v) is 13.1. The molecular weight excluding hydrogens is 240 g/mol. The van der Waals surface area contributed by atoms with Crippen molar-refractivity contribution in [3.63, 3.8) is 0 Å². The van der Waals surface area contributed by atoms with E-state index in [0.29, 0.717) is 6.54 Å². The molecule has 1 saturated carbocycles. The molecule has 0 aromatic heterocycles. The molecule has 112 valence electrons. The van der Waals surface area contributed by atoms with Crippen LogP contribution in [0.4, 0.5) is 4.79 Å². The minimum absolute atomic E-state index is 0.0977. The van der Waals surface area contributed by atoms with Gasteiger partial charge in [0.1, 0.15) is 5.60 Å². The van der Waals surface area contributed by atoms with Crippen molar-refractivity contribution < 1.29 is 9.53 Å². The number of amides is 1. The van der Waals surface area contributed by atoms with Crippen LogP contribution in [0, 0.1) is 5.92 Å². The van der Waals surface area contributed by atoms with Crippen LogP contribution in [0.2, 0.25) is 0 Å². The van der Waals surface area contributed by atoms with E-state index < -0.39 is 5.60 Å². The first-order chi connectivity index (χ1) is 8.68. The average Bonchev–Trinajstić information content (AvgIpc) is 2.74. The second-order valence-corrected chi connectivity index (χ2v) is 7.27. The predicted molar refractivity (Wildman–Crippen MR) is 78.3 cm³/mol. The fourth-order valence-electron chi connectivity index (χ4n) is 2.30. The lowest BCUT2D eigenvalue weighted by Crippen LogP contribution is -2.50. The van der Waals surface area contributed by atoms with Gasteiger partial charge in [0.05, 0.1) is 0 Å². The number of ether oxygens (including phenoxy) is 1. The first kappa shape index (κ1) is 16.3. The summed E-state index contributed by atoms with van der Waals surface area (Å²) in [6.45, 7) is 11.5. The third-order valence-electron chi connectivity index (χ3n) is 3.42. The SMILES string of the molecule is CC(C)(CNC(=O)OC(C)(C)C)NCC1CCCC1. The smallest absolute Gasteiger partial charge is 0.407 e. The van der Waals surface area contributed by atoms with Crippen molar-refractivity contribution in [1.82, 2.24) is 10.6 Å². The summed E-state index contributed by atoms with van der Waals surface area (Å²) < 4.78 is 5.23. The quantitative estimate of drug-likeness (QED) is 0.807. The van der Waals surface area contributed by atoms with Crippen molar-refractivity contribution in [1.29, 1.82) is 0 Å². The Hall–Kier alpha value is -0.770. The van der Waals surface area contributed by atoms with Gasteiger partial charge in [-0.2, -0.15) is 0 Å². The van der Waals surface area contributed by atoms with Gasteiger partial charge in [-0.1, -0.05) is 12.8 Å². The summed E-state index contributed by atoms with van der Waals surface area (Å²) in [5, 5.41) is 6.38. The maximum atomic E-state index is 11.6. The summed E-state index contributed by atoms with van der Waals surface area (Å²) in [6.07, 6.45) is 5.06. The summed E-state index contributed by atoms with van der Waals surface area (Å²) in [5.41, 5.74) is -0.537. The normalized spacial score (nSPS) is 17.5. The highest BCUT2D eigenvalue weighted by molar-refractivity contribution is 5.67. The molecule has 0 atom stereocenters. The summed E-state index contributed by atoms with van der Waals surface area (Å²) in [4.78, 5) is 11.6. The third-order valence-corrected chi connectivity index (χ3v) is 3.42. The number of hydrogen-bond donors (Lipinski definition) is 2. The molecule has 1 aliphatic rings. The molecule has 0 heterocycles. The monoisotopic (exact) mass is 270 g/mol. The van der Waals surface area contributed by atoms with E-state index in [2.05, 4.69) is 24.5 Å². The largest absolute Gasteiger partial charge is 0.444 e. The van der Waals surface area contributed by atoms with Crippen molar-refractivity contribution in [2.24, 2.45) is 5.92 Å². The molecular formula is C15H30N2O2. The number of nitrogens with one attached hydrogen (secondary N) is 2. The Kier molecular flexibility index (Phi) is 5.65. The highest BCUT2D eigenvalue weighted by atomic mass is 16.6. The maximum absolute atomic E-state index is 11.6. The molecule has 0 aromatic rings. The van der Waals surface area contributed by atoms with Crippen molar-refractivity contribution in [2.75, 3.05) is 13.1 Å². The van der Waals surface area contributed by atoms with Crippen molar-refractivity contribution in [2.45, 2.75) is 71.4 Å². The summed E-state index contributed by atoms with van der Waals surface area (Å²) in [5.74, 6) is 0.806. The molecule has 19 heavy (non-hydrogen) atoms. The van der Waals surface area contributed by atoms with E-state index >= 15 is 0 Å². The molecule has 0 unspecified atom stereocenters. The Balaban J connectivity index is 2.23. The molecule has 0 bridgehead atoms. The van der Waals surface area contributed by atoms with Gasteiger partial charge in [0.25, 0.3) is 0 Å². The molecule has 0 aromatic carbocycles. The van der Waals surface area contributed by atoms with Crippen molar-refractivity contribution in [3.8, 4) is 0 Å². The lowest BCUT2D eigenvalue weighted by atomic mass is 10.0. The topological polar surface area (TPSA) is 50.4 Å². The fraction of sp³-hybridized carbons (Fsp3) is 0.933. The standard InChI is InChI=1S/C15H30N2O2/c1-14(2,3)19-13(18)16-11-15(4,5)17-10-12-8-6-7-9-12/h12,17H,6-11H2,1-5H3,(H,16,18). The lowest BCUT2D eigenvalue weighted by molar-refractivity contribution is 0.0513. The summed E-state index contributed by atoms with van der Waals surface area (Å²) in [6, 6.07) is 0. The number of rotatable bonds is 5. The van der Waals surface area contributed by atoms with E-state index in [0.717, 1.165) is 12.5 Å². The average molecular weight is 270 g/mol. The maximum Gasteiger partial charge on any atom is 0.407 e. The number of carbonyl (C=O) groups excluding carboxylic acids is 1. The van der Waals surface area contributed by atoms with E-state index in [1.807, 2.05) is 20.8 Å². The summed E-state index contributed by atoms with van der Waals surface area (Å²) >= 11 is 0. The Morgan fingerprint density at radius 2 is 1.74 bits per heavy atom. The Labute approximate surface area is 117 Å². The molecule has 4 nitrogen and oxygen atoms in total. The lowest BCUT2D eigenvalue weighted by Gasteiger charge is -2.29. The third kappa shape index (κ3) is 7.41. The number of hydrogen-bond acceptors (Lipinski definition) is 3. The van der Waals surface area contributed by atoms with Gasteiger partial charge in [-0.25, -0.2) is 4.79 Å². The minimum Gasteiger partial charge on any atom is -0.444 e. The number of alkyl carbamates (subject to hydrolysis) is 1.